The number of hydrogen-bond donors (Lipinski definition) is 1. The fourth-order valence-electron chi connectivity index (χ4n) is 5.27. The minimum absolute atomic E-state index is 0.138. The molecule has 3 rings (SSSR count). The van der Waals surface area contributed by atoms with Gasteiger partial charge in [0.15, 0.2) is 5.75 Å². The molecule has 14 heteroatoms. The molecule has 0 radical (unpaired) electrons. The summed E-state index contributed by atoms with van der Waals surface area (Å²) >= 11 is 0. The van der Waals surface area contributed by atoms with Crippen LogP contribution in [0.1, 0.15) is 52.0 Å². The molecule has 1 aromatic carbocycles. The summed E-state index contributed by atoms with van der Waals surface area (Å²) < 4.78 is 73.3. The molecule has 0 bridgehead atoms. The molecular weight excluding hydrogens is 565 g/mol. The lowest BCUT2D eigenvalue weighted by molar-refractivity contribution is -0.140. The summed E-state index contributed by atoms with van der Waals surface area (Å²) in [5, 5.41) is 0. The van der Waals surface area contributed by atoms with Gasteiger partial charge in [0.2, 0.25) is 21.8 Å². The number of carbonyl (C=O) groups excluding carboxylic acids is 3. The number of hydrogen-bond acceptors (Lipinski definition) is 6. The molecule has 230 valence electrons. The predicted octanol–water partition coefficient (Wildman–Crippen LogP) is 2.92. The Bertz CT molecular complexity index is 1180. The highest BCUT2D eigenvalue weighted by Crippen LogP contribution is 2.29. The van der Waals surface area contributed by atoms with Gasteiger partial charge in [-0.3, -0.25) is 9.59 Å². The van der Waals surface area contributed by atoms with Crippen LogP contribution in [0.5, 0.6) is 0 Å². The van der Waals surface area contributed by atoms with Gasteiger partial charge in [0.1, 0.15) is 17.7 Å². The number of carbonyl (C=O) groups is 3. The van der Waals surface area contributed by atoms with E-state index in [1.807, 2.05) is 0 Å². The molecule has 2 saturated heterocycles. The van der Waals surface area contributed by atoms with E-state index >= 15 is 0 Å². The van der Waals surface area contributed by atoms with Crippen molar-refractivity contribution in [2.75, 3.05) is 31.9 Å². The summed E-state index contributed by atoms with van der Waals surface area (Å²) in [4.78, 5) is 41.1. The summed E-state index contributed by atoms with van der Waals surface area (Å²) in [7, 11) is -5.03. The first-order valence-corrected chi connectivity index (χ1v) is 15.3. The number of ether oxygens (including phenoxy) is 1. The van der Waals surface area contributed by atoms with Crippen LogP contribution in [0.15, 0.2) is 30.3 Å². The van der Waals surface area contributed by atoms with Gasteiger partial charge in [-0.25, -0.2) is 13.2 Å². The Morgan fingerprint density at radius 2 is 1.66 bits per heavy atom. The van der Waals surface area contributed by atoms with Gasteiger partial charge >= 0.3 is 12.3 Å². The Balaban J connectivity index is 1.93. The van der Waals surface area contributed by atoms with Crippen LogP contribution >= 0.6 is 0 Å². The molecule has 0 spiro atoms. The number of benzene rings is 1. The van der Waals surface area contributed by atoms with Crippen LogP contribution in [0.3, 0.4) is 0 Å². The largest absolute Gasteiger partial charge is 0.444 e. The summed E-state index contributed by atoms with van der Waals surface area (Å²) in [5.74, 6) is -4.07. The fraction of sp³-hybridized carbons (Fsp3) is 0.667. The highest BCUT2D eigenvalue weighted by molar-refractivity contribution is 7.89. The topological polar surface area (TPSA) is 130 Å². The molecule has 2 fully saturated rings. The molecule has 2 N–H and O–H groups in total. The quantitative estimate of drug-likeness (QED) is 0.462. The van der Waals surface area contributed by atoms with Gasteiger partial charge in [-0.05, 0) is 64.4 Å². The number of alkyl halides is 3. The van der Waals surface area contributed by atoms with Crippen LogP contribution in [0.4, 0.5) is 18.0 Å². The normalized spacial score (nSPS) is 19.8. The number of nitrogens with two attached hydrogens (primary N) is 1. The molecule has 3 amide bonds. The van der Waals surface area contributed by atoms with E-state index in [1.165, 1.54) is 9.80 Å². The maximum absolute atomic E-state index is 13.9. The first-order chi connectivity index (χ1) is 19.0. The number of halogens is 3. The molecule has 2 heterocycles. The molecule has 0 saturated carbocycles. The highest BCUT2D eigenvalue weighted by Gasteiger charge is 2.46. The molecule has 0 aliphatic carbocycles. The zero-order chi connectivity index (χ0) is 30.6. The molecule has 41 heavy (non-hydrogen) atoms. The van der Waals surface area contributed by atoms with Gasteiger partial charge in [0.05, 0.1) is 0 Å². The van der Waals surface area contributed by atoms with Crippen LogP contribution < -0.4 is 5.73 Å². The second-order valence-corrected chi connectivity index (χ2v) is 13.6. The minimum atomic E-state index is -5.04. The van der Waals surface area contributed by atoms with Crippen molar-refractivity contribution in [3.8, 4) is 0 Å². The Morgan fingerprint density at radius 3 is 2.20 bits per heavy atom. The maximum atomic E-state index is 13.9. The molecular formula is C27H39F3N4O6S. The van der Waals surface area contributed by atoms with Crippen molar-refractivity contribution in [2.24, 2.45) is 11.7 Å². The van der Waals surface area contributed by atoms with Crippen molar-refractivity contribution < 1.29 is 40.7 Å². The zero-order valence-corrected chi connectivity index (χ0v) is 24.4. The molecule has 10 nitrogen and oxygen atoms in total. The number of primary amides is 1. The summed E-state index contributed by atoms with van der Waals surface area (Å²) in [6.45, 7) is 5.42. The number of amides is 3. The predicted molar refractivity (Wildman–Crippen MR) is 145 cm³/mol. The van der Waals surface area contributed by atoms with Crippen molar-refractivity contribution in [1.82, 2.24) is 14.1 Å². The number of rotatable bonds is 9. The van der Waals surface area contributed by atoms with Gasteiger partial charge in [-0.15, -0.1) is 0 Å². The molecule has 0 unspecified atom stereocenters. The summed E-state index contributed by atoms with van der Waals surface area (Å²) in [6.07, 6.45) is -4.40. The third-order valence-corrected chi connectivity index (χ3v) is 8.99. The Morgan fingerprint density at radius 1 is 1.05 bits per heavy atom. The van der Waals surface area contributed by atoms with Crippen molar-refractivity contribution in [3.63, 3.8) is 0 Å². The van der Waals surface area contributed by atoms with E-state index in [2.05, 4.69) is 0 Å². The van der Waals surface area contributed by atoms with Crippen LogP contribution in [0.2, 0.25) is 0 Å². The number of likely N-dealkylation sites (tertiary alicyclic amines) is 2. The Kier molecular flexibility index (Phi) is 10.3. The number of nitrogens with zero attached hydrogens (tertiary/aromatic N) is 3. The van der Waals surface area contributed by atoms with E-state index in [-0.39, 0.29) is 39.0 Å². The molecule has 2 aliphatic heterocycles. The maximum Gasteiger partial charge on any atom is 0.410 e. The van der Waals surface area contributed by atoms with Crippen molar-refractivity contribution >= 4 is 27.9 Å². The lowest BCUT2D eigenvalue weighted by atomic mass is 9.95. The summed E-state index contributed by atoms with van der Waals surface area (Å²) in [5.41, 5.74) is 5.33. The van der Waals surface area contributed by atoms with E-state index in [4.69, 9.17) is 10.5 Å². The van der Waals surface area contributed by atoms with Crippen molar-refractivity contribution in [3.05, 3.63) is 35.9 Å². The molecule has 1 aromatic rings. The van der Waals surface area contributed by atoms with Gasteiger partial charge in [0, 0.05) is 26.2 Å². The lowest BCUT2D eigenvalue weighted by Gasteiger charge is -2.38. The van der Waals surface area contributed by atoms with Crippen molar-refractivity contribution in [1.29, 1.82) is 0 Å². The van der Waals surface area contributed by atoms with E-state index < -0.39 is 63.5 Å². The van der Waals surface area contributed by atoms with Gasteiger partial charge in [-0.1, -0.05) is 30.3 Å². The number of sulfonamides is 1. The van der Waals surface area contributed by atoms with E-state index in [1.54, 1.807) is 51.1 Å². The van der Waals surface area contributed by atoms with Gasteiger partial charge in [-0.2, -0.15) is 17.5 Å². The lowest BCUT2D eigenvalue weighted by Crippen LogP contribution is -2.57. The van der Waals surface area contributed by atoms with Crippen LogP contribution in [-0.4, -0.2) is 96.2 Å². The first-order valence-electron chi connectivity index (χ1n) is 13.6. The average molecular weight is 605 g/mol. The minimum Gasteiger partial charge on any atom is -0.444 e. The van der Waals surface area contributed by atoms with Gasteiger partial charge < -0.3 is 20.3 Å². The molecule has 2 atom stereocenters. The van der Waals surface area contributed by atoms with Crippen LogP contribution in [0, 0.1) is 5.92 Å². The highest BCUT2D eigenvalue weighted by atomic mass is 32.2. The Hall–Kier alpha value is -2.87. The third-order valence-electron chi connectivity index (χ3n) is 7.18. The molecule has 0 aromatic heterocycles. The van der Waals surface area contributed by atoms with Crippen LogP contribution in [-0.2, 0) is 30.8 Å². The smallest absolute Gasteiger partial charge is 0.410 e. The summed E-state index contributed by atoms with van der Waals surface area (Å²) in [6, 6.07) is 5.91. The van der Waals surface area contributed by atoms with E-state index in [9.17, 15) is 36.0 Å². The van der Waals surface area contributed by atoms with Gasteiger partial charge in [0.25, 0.3) is 0 Å². The zero-order valence-electron chi connectivity index (χ0n) is 23.6. The Labute approximate surface area is 239 Å². The first kappa shape index (κ1) is 32.6. The average Bonchev–Trinajstić information content (AvgIpc) is 3.35. The molecule has 2 aliphatic rings. The third kappa shape index (κ3) is 9.32. The van der Waals surface area contributed by atoms with Crippen molar-refractivity contribution in [2.45, 2.75) is 76.7 Å². The second-order valence-electron chi connectivity index (χ2n) is 11.6. The SMILES string of the molecule is CC(C)(C)OC(=O)N1CCC(CN([C@H](Cc2ccccc2)C(=O)N2CCC[C@H]2C(N)=O)S(=O)(=O)CC(F)(F)F)CC1. The second kappa shape index (κ2) is 13.0. The fourth-order valence-corrected chi connectivity index (χ4v) is 6.84. The monoisotopic (exact) mass is 604 g/mol. The number of piperidine rings is 1. The van der Waals surface area contributed by atoms with E-state index in [0.717, 1.165) is 0 Å². The standard InChI is InChI=1S/C27H39F3N4O6S/c1-26(2,3)40-25(37)32-14-11-20(12-15-32)17-34(41(38,39)18-27(28,29)30)22(16-19-8-5-4-6-9-19)24(36)33-13-7-10-21(33)23(31)35/h4-6,8-9,20-22H,7,10-18H2,1-3H3,(H2,31,35)/t21-,22+/m0/s1. The van der Waals surface area contributed by atoms with Crippen LogP contribution in [0.25, 0.3) is 0 Å². The van der Waals surface area contributed by atoms with E-state index in [0.29, 0.717) is 29.1 Å².